The van der Waals surface area contributed by atoms with Crippen LogP contribution in [0.15, 0.2) is 18.3 Å². The lowest BCUT2D eigenvalue weighted by molar-refractivity contribution is 0.0298. The highest BCUT2D eigenvalue weighted by atomic mass is 16.5. The van der Waals surface area contributed by atoms with Crippen LogP contribution in [0.1, 0.15) is 42.2 Å². The summed E-state index contributed by atoms with van der Waals surface area (Å²) in [4.78, 5) is 18.5. The number of carbonyl (C=O) groups excluding carboxylic acids is 1. The maximum Gasteiger partial charge on any atom is 0.339 e. The van der Waals surface area contributed by atoms with Gasteiger partial charge in [0.05, 0.1) is 25.4 Å². The molecule has 2 rings (SSSR count). The molecular weight excluding hydrogens is 268 g/mol. The molecule has 0 amide bonds. The van der Waals surface area contributed by atoms with Crippen LogP contribution < -0.4 is 0 Å². The number of hydrogen-bond acceptors (Lipinski definition) is 5. The predicted molar refractivity (Wildman–Crippen MR) is 80.5 cm³/mol. The van der Waals surface area contributed by atoms with Crippen LogP contribution in [0.5, 0.6) is 0 Å². The van der Waals surface area contributed by atoms with Gasteiger partial charge in [-0.2, -0.15) is 0 Å². The summed E-state index contributed by atoms with van der Waals surface area (Å²) in [5.74, 6) is 0.0726. The van der Waals surface area contributed by atoms with Gasteiger partial charge >= 0.3 is 5.97 Å². The first kappa shape index (κ1) is 15.9. The van der Waals surface area contributed by atoms with Crippen molar-refractivity contribution >= 4 is 5.97 Å². The molecule has 0 spiro atoms. The minimum Gasteiger partial charge on any atom is -0.462 e. The van der Waals surface area contributed by atoms with Gasteiger partial charge < -0.3 is 9.47 Å². The monoisotopic (exact) mass is 292 g/mol. The largest absolute Gasteiger partial charge is 0.462 e. The summed E-state index contributed by atoms with van der Waals surface area (Å²) in [5.41, 5.74) is 1.50. The smallest absolute Gasteiger partial charge is 0.339 e. The van der Waals surface area contributed by atoms with Crippen LogP contribution in [0.3, 0.4) is 0 Å². The summed E-state index contributed by atoms with van der Waals surface area (Å²) in [6.45, 7) is 9.08. The summed E-state index contributed by atoms with van der Waals surface area (Å²) in [5, 5.41) is 0. The van der Waals surface area contributed by atoms with Crippen molar-refractivity contribution in [1.82, 2.24) is 9.88 Å². The van der Waals surface area contributed by atoms with Gasteiger partial charge in [-0.1, -0.05) is 13.8 Å². The summed E-state index contributed by atoms with van der Waals surface area (Å²) < 4.78 is 10.6. The average Bonchev–Trinajstić information content (AvgIpc) is 2.52. The van der Waals surface area contributed by atoms with Crippen molar-refractivity contribution in [2.45, 2.75) is 26.2 Å². The molecule has 0 atom stereocenters. The molecule has 0 aromatic carbocycles. The van der Waals surface area contributed by atoms with E-state index < -0.39 is 0 Å². The van der Waals surface area contributed by atoms with E-state index in [1.807, 2.05) is 6.07 Å². The molecule has 5 heteroatoms. The van der Waals surface area contributed by atoms with E-state index in [0.29, 0.717) is 18.1 Å². The fraction of sp³-hybridized carbons (Fsp3) is 0.625. The number of nitrogens with zero attached hydrogens (tertiary/aromatic N) is 2. The fourth-order valence-electron chi connectivity index (χ4n) is 2.23. The minimum absolute atomic E-state index is 0.292. The molecule has 116 valence electrons. The van der Waals surface area contributed by atoms with E-state index in [9.17, 15) is 4.79 Å². The summed E-state index contributed by atoms with van der Waals surface area (Å²) in [6, 6.07) is 3.67. The number of rotatable bonds is 6. The van der Waals surface area contributed by atoms with E-state index in [1.165, 1.54) is 0 Å². The molecule has 0 N–H and O–H groups in total. The molecule has 21 heavy (non-hydrogen) atoms. The Hall–Kier alpha value is -1.46. The van der Waals surface area contributed by atoms with Gasteiger partial charge in [-0.3, -0.25) is 9.88 Å². The normalized spacial score (nSPS) is 16.1. The van der Waals surface area contributed by atoms with Crippen molar-refractivity contribution in [3.05, 3.63) is 29.6 Å². The van der Waals surface area contributed by atoms with E-state index in [2.05, 4.69) is 23.7 Å². The Balaban J connectivity index is 1.69. The molecule has 5 nitrogen and oxygen atoms in total. The van der Waals surface area contributed by atoms with Gasteiger partial charge in [0.1, 0.15) is 0 Å². The number of ether oxygens (including phenoxy) is 2. The quantitative estimate of drug-likeness (QED) is 0.593. The lowest BCUT2D eigenvalue weighted by atomic mass is 10.1. The molecule has 0 radical (unpaired) electrons. The van der Waals surface area contributed by atoms with E-state index in [0.717, 1.165) is 45.0 Å². The SMILES string of the molecule is CC(C)c1ccc(C(=O)OCCCN2CCOCC2)cn1. The van der Waals surface area contributed by atoms with Gasteiger partial charge in [0, 0.05) is 31.5 Å². The number of morpholine rings is 1. The Bertz CT molecular complexity index is 439. The highest BCUT2D eigenvalue weighted by Crippen LogP contribution is 2.12. The van der Waals surface area contributed by atoms with Crippen molar-refractivity contribution in [3.8, 4) is 0 Å². The predicted octanol–water partition coefficient (Wildman–Crippen LogP) is 2.08. The molecule has 1 saturated heterocycles. The Morgan fingerprint density at radius 3 is 2.76 bits per heavy atom. The van der Waals surface area contributed by atoms with Gasteiger partial charge in [0.15, 0.2) is 0 Å². The van der Waals surface area contributed by atoms with Gasteiger partial charge in [-0.05, 0) is 24.5 Å². The number of aromatic nitrogens is 1. The summed E-state index contributed by atoms with van der Waals surface area (Å²) >= 11 is 0. The average molecular weight is 292 g/mol. The molecule has 1 aliphatic rings. The molecular formula is C16H24N2O3. The molecule has 0 unspecified atom stereocenters. The molecule has 1 aromatic rings. The minimum atomic E-state index is -0.292. The number of hydrogen-bond donors (Lipinski definition) is 0. The number of carbonyl (C=O) groups is 1. The molecule has 0 bridgehead atoms. The molecule has 0 aliphatic carbocycles. The molecule has 1 fully saturated rings. The zero-order valence-corrected chi connectivity index (χ0v) is 12.9. The Kier molecular flexibility index (Phi) is 6.14. The number of esters is 1. The first-order chi connectivity index (χ1) is 10.2. The van der Waals surface area contributed by atoms with Crippen LogP contribution in [0.4, 0.5) is 0 Å². The molecule has 1 aromatic heterocycles. The van der Waals surface area contributed by atoms with Crippen LogP contribution in [0.2, 0.25) is 0 Å². The van der Waals surface area contributed by atoms with E-state index in [4.69, 9.17) is 9.47 Å². The van der Waals surface area contributed by atoms with Gasteiger partial charge in [0.2, 0.25) is 0 Å². The summed E-state index contributed by atoms with van der Waals surface area (Å²) in [7, 11) is 0. The van der Waals surface area contributed by atoms with Crippen LogP contribution in [0.25, 0.3) is 0 Å². The standard InChI is InChI=1S/C16H24N2O3/c1-13(2)15-5-4-14(12-17-15)16(19)21-9-3-6-18-7-10-20-11-8-18/h4-5,12-13H,3,6-11H2,1-2H3. The van der Waals surface area contributed by atoms with Crippen molar-refractivity contribution in [3.63, 3.8) is 0 Å². The summed E-state index contributed by atoms with van der Waals surface area (Å²) in [6.07, 6.45) is 2.45. The topological polar surface area (TPSA) is 51.7 Å². The second kappa shape index (κ2) is 8.10. The zero-order chi connectivity index (χ0) is 15.1. The molecule has 2 heterocycles. The lowest BCUT2D eigenvalue weighted by Gasteiger charge is -2.26. The third-order valence-corrected chi connectivity index (χ3v) is 3.57. The van der Waals surface area contributed by atoms with Crippen molar-refractivity contribution < 1.29 is 14.3 Å². The Labute approximate surface area is 126 Å². The van der Waals surface area contributed by atoms with Gasteiger partial charge in [-0.25, -0.2) is 4.79 Å². The lowest BCUT2D eigenvalue weighted by Crippen LogP contribution is -2.37. The first-order valence-corrected chi connectivity index (χ1v) is 7.60. The van der Waals surface area contributed by atoms with Crippen molar-refractivity contribution in [2.24, 2.45) is 0 Å². The fourth-order valence-corrected chi connectivity index (χ4v) is 2.23. The highest BCUT2D eigenvalue weighted by molar-refractivity contribution is 5.88. The molecule has 0 saturated carbocycles. The maximum atomic E-state index is 11.9. The number of pyridine rings is 1. The van der Waals surface area contributed by atoms with Crippen LogP contribution >= 0.6 is 0 Å². The molecule has 1 aliphatic heterocycles. The van der Waals surface area contributed by atoms with Gasteiger partial charge in [-0.15, -0.1) is 0 Å². The third-order valence-electron chi connectivity index (χ3n) is 3.57. The van der Waals surface area contributed by atoms with Crippen molar-refractivity contribution in [1.29, 1.82) is 0 Å². The van der Waals surface area contributed by atoms with Crippen LogP contribution in [-0.4, -0.2) is 55.3 Å². The van der Waals surface area contributed by atoms with Crippen LogP contribution in [0, 0.1) is 0 Å². The Morgan fingerprint density at radius 2 is 2.14 bits per heavy atom. The van der Waals surface area contributed by atoms with Crippen molar-refractivity contribution in [2.75, 3.05) is 39.5 Å². The second-order valence-corrected chi connectivity index (χ2v) is 5.57. The van der Waals surface area contributed by atoms with E-state index in [-0.39, 0.29) is 5.97 Å². The second-order valence-electron chi connectivity index (χ2n) is 5.57. The van der Waals surface area contributed by atoms with E-state index >= 15 is 0 Å². The van der Waals surface area contributed by atoms with E-state index in [1.54, 1.807) is 12.3 Å². The zero-order valence-electron chi connectivity index (χ0n) is 12.9. The maximum absolute atomic E-state index is 11.9. The highest BCUT2D eigenvalue weighted by Gasteiger charge is 2.11. The van der Waals surface area contributed by atoms with Gasteiger partial charge in [0.25, 0.3) is 0 Å². The Morgan fingerprint density at radius 1 is 1.38 bits per heavy atom. The van der Waals surface area contributed by atoms with Crippen LogP contribution in [-0.2, 0) is 9.47 Å². The first-order valence-electron chi connectivity index (χ1n) is 7.60. The third kappa shape index (κ3) is 5.10.